The number of aromatic nitrogens is 2. The van der Waals surface area contributed by atoms with Crippen LogP contribution in [-0.4, -0.2) is 15.9 Å². The van der Waals surface area contributed by atoms with E-state index < -0.39 is 0 Å². The highest BCUT2D eigenvalue weighted by atomic mass is 16.1. The Balaban J connectivity index is 2.21. The first kappa shape index (κ1) is 11.1. The van der Waals surface area contributed by atoms with Crippen LogP contribution in [0.1, 0.15) is 16.1 Å². The summed E-state index contributed by atoms with van der Waals surface area (Å²) >= 11 is 0. The van der Waals surface area contributed by atoms with Gasteiger partial charge in [-0.1, -0.05) is 6.07 Å². The average Bonchev–Trinajstić information content (AvgIpc) is 2.30. The minimum Gasteiger partial charge on any atom is -0.398 e. The topological polar surface area (TPSA) is 80.9 Å². The molecule has 86 valence electrons. The molecular weight excluding hydrogens is 216 g/mol. The van der Waals surface area contributed by atoms with Crippen molar-refractivity contribution in [2.75, 3.05) is 11.1 Å². The molecule has 0 bridgehead atoms. The smallest absolute Gasteiger partial charge is 0.260 e. The van der Waals surface area contributed by atoms with Gasteiger partial charge in [0, 0.05) is 23.8 Å². The number of nitrogens with one attached hydrogen (secondary N) is 1. The van der Waals surface area contributed by atoms with E-state index in [9.17, 15) is 4.79 Å². The average molecular weight is 228 g/mol. The first-order valence-corrected chi connectivity index (χ1v) is 5.11. The Bertz CT molecular complexity index is 539. The van der Waals surface area contributed by atoms with Gasteiger partial charge < -0.3 is 11.1 Å². The number of amides is 1. The first-order chi connectivity index (χ1) is 8.16. The van der Waals surface area contributed by atoms with Crippen LogP contribution in [0.4, 0.5) is 11.5 Å². The SMILES string of the molecule is Cc1cc(N)c(C(=O)Nc2ccccn2)cn1. The lowest BCUT2D eigenvalue weighted by Crippen LogP contribution is -2.15. The second kappa shape index (κ2) is 4.61. The number of nitrogen functional groups attached to an aromatic ring is 1. The number of aryl methyl sites for hydroxylation is 1. The Labute approximate surface area is 98.7 Å². The third kappa shape index (κ3) is 2.57. The Morgan fingerprint density at radius 2 is 2.18 bits per heavy atom. The number of carbonyl (C=O) groups excluding carboxylic acids is 1. The second-order valence-corrected chi connectivity index (χ2v) is 3.58. The zero-order valence-electron chi connectivity index (χ0n) is 9.34. The standard InChI is InChI=1S/C12H12N4O/c1-8-6-10(13)9(7-15-8)12(17)16-11-4-2-3-5-14-11/h2-7H,1H3,(H2,13,15)(H,14,16,17). The summed E-state index contributed by atoms with van der Waals surface area (Å²) in [4.78, 5) is 19.9. The maximum absolute atomic E-state index is 11.9. The van der Waals surface area contributed by atoms with Crippen molar-refractivity contribution in [1.82, 2.24) is 9.97 Å². The van der Waals surface area contributed by atoms with Crippen LogP contribution in [0.5, 0.6) is 0 Å². The predicted molar refractivity (Wildman–Crippen MR) is 65.6 cm³/mol. The van der Waals surface area contributed by atoms with E-state index in [1.807, 2.05) is 6.92 Å². The fourth-order valence-corrected chi connectivity index (χ4v) is 1.39. The Kier molecular flexibility index (Phi) is 3.00. The molecule has 0 radical (unpaired) electrons. The normalized spacial score (nSPS) is 9.94. The molecule has 3 N–H and O–H groups in total. The van der Waals surface area contributed by atoms with E-state index >= 15 is 0 Å². The monoisotopic (exact) mass is 228 g/mol. The fourth-order valence-electron chi connectivity index (χ4n) is 1.39. The van der Waals surface area contributed by atoms with Crippen LogP contribution in [0.15, 0.2) is 36.7 Å². The van der Waals surface area contributed by atoms with Crippen LogP contribution in [0.3, 0.4) is 0 Å². The fraction of sp³-hybridized carbons (Fsp3) is 0.0833. The van der Waals surface area contributed by atoms with Crippen molar-refractivity contribution in [1.29, 1.82) is 0 Å². The van der Waals surface area contributed by atoms with E-state index in [1.54, 1.807) is 30.5 Å². The van der Waals surface area contributed by atoms with E-state index in [0.717, 1.165) is 5.69 Å². The summed E-state index contributed by atoms with van der Waals surface area (Å²) < 4.78 is 0. The van der Waals surface area contributed by atoms with Crippen LogP contribution in [0.25, 0.3) is 0 Å². The van der Waals surface area contributed by atoms with Gasteiger partial charge in [-0.05, 0) is 25.1 Å². The van der Waals surface area contributed by atoms with Gasteiger partial charge in [0.25, 0.3) is 5.91 Å². The van der Waals surface area contributed by atoms with E-state index in [2.05, 4.69) is 15.3 Å². The lowest BCUT2D eigenvalue weighted by Gasteiger charge is -2.06. The van der Waals surface area contributed by atoms with Crippen LogP contribution in [0.2, 0.25) is 0 Å². The molecule has 0 spiro atoms. The van der Waals surface area contributed by atoms with Crippen molar-refractivity contribution in [3.63, 3.8) is 0 Å². The molecule has 2 rings (SSSR count). The van der Waals surface area contributed by atoms with Gasteiger partial charge in [0.1, 0.15) is 5.82 Å². The molecule has 0 aliphatic rings. The van der Waals surface area contributed by atoms with Gasteiger partial charge >= 0.3 is 0 Å². The first-order valence-electron chi connectivity index (χ1n) is 5.11. The van der Waals surface area contributed by atoms with E-state index in [-0.39, 0.29) is 5.91 Å². The summed E-state index contributed by atoms with van der Waals surface area (Å²) in [5, 5.41) is 2.65. The maximum atomic E-state index is 11.9. The Morgan fingerprint density at radius 1 is 1.35 bits per heavy atom. The van der Waals surface area contributed by atoms with Crippen molar-refractivity contribution < 1.29 is 4.79 Å². The zero-order chi connectivity index (χ0) is 12.3. The number of hydrogen-bond acceptors (Lipinski definition) is 4. The molecule has 2 aromatic heterocycles. The van der Waals surface area contributed by atoms with Crippen molar-refractivity contribution in [3.05, 3.63) is 47.9 Å². The minimum atomic E-state index is -0.311. The molecule has 0 saturated carbocycles. The summed E-state index contributed by atoms with van der Waals surface area (Å²) in [6, 6.07) is 6.93. The molecule has 0 fully saturated rings. The van der Waals surface area contributed by atoms with Gasteiger partial charge in [-0.15, -0.1) is 0 Å². The summed E-state index contributed by atoms with van der Waals surface area (Å²) in [7, 11) is 0. The zero-order valence-corrected chi connectivity index (χ0v) is 9.34. The molecule has 0 aliphatic heterocycles. The van der Waals surface area contributed by atoms with Gasteiger partial charge in [-0.3, -0.25) is 9.78 Å². The second-order valence-electron chi connectivity index (χ2n) is 3.58. The highest BCUT2D eigenvalue weighted by Gasteiger charge is 2.10. The van der Waals surface area contributed by atoms with Gasteiger partial charge in [0.05, 0.1) is 5.56 Å². The highest BCUT2D eigenvalue weighted by Crippen LogP contribution is 2.13. The number of nitrogens with zero attached hydrogens (tertiary/aromatic N) is 2. The largest absolute Gasteiger partial charge is 0.398 e. The van der Waals surface area contributed by atoms with Crippen molar-refractivity contribution >= 4 is 17.4 Å². The highest BCUT2D eigenvalue weighted by molar-refractivity contribution is 6.07. The number of pyridine rings is 2. The lowest BCUT2D eigenvalue weighted by molar-refractivity contribution is 0.102. The maximum Gasteiger partial charge on any atom is 0.260 e. The van der Waals surface area contributed by atoms with Gasteiger partial charge in [0.2, 0.25) is 0 Å². The summed E-state index contributed by atoms with van der Waals surface area (Å²) in [6.07, 6.45) is 3.06. The van der Waals surface area contributed by atoms with E-state index in [4.69, 9.17) is 5.73 Å². The minimum absolute atomic E-state index is 0.311. The Hall–Kier alpha value is -2.43. The third-order valence-corrected chi connectivity index (χ3v) is 2.22. The molecule has 17 heavy (non-hydrogen) atoms. The molecular formula is C12H12N4O. The quantitative estimate of drug-likeness (QED) is 0.818. The molecule has 0 aromatic carbocycles. The third-order valence-electron chi connectivity index (χ3n) is 2.22. The van der Waals surface area contributed by atoms with Crippen LogP contribution >= 0.6 is 0 Å². The molecule has 1 amide bonds. The molecule has 5 heteroatoms. The van der Waals surface area contributed by atoms with Gasteiger partial charge in [-0.25, -0.2) is 4.98 Å². The number of carbonyl (C=O) groups is 1. The number of nitrogens with two attached hydrogens (primary N) is 1. The number of anilines is 2. The molecule has 0 unspecified atom stereocenters. The van der Waals surface area contributed by atoms with Crippen LogP contribution < -0.4 is 11.1 Å². The number of hydrogen-bond donors (Lipinski definition) is 2. The van der Waals surface area contributed by atoms with Gasteiger partial charge in [0.15, 0.2) is 0 Å². The molecule has 0 atom stereocenters. The Morgan fingerprint density at radius 3 is 2.82 bits per heavy atom. The predicted octanol–water partition coefficient (Wildman–Crippen LogP) is 1.62. The number of rotatable bonds is 2. The molecule has 5 nitrogen and oxygen atoms in total. The summed E-state index contributed by atoms with van der Waals surface area (Å²) in [5.41, 5.74) is 7.29. The molecule has 0 saturated heterocycles. The summed E-state index contributed by atoms with van der Waals surface area (Å²) in [5.74, 6) is 0.172. The van der Waals surface area contributed by atoms with Crippen LogP contribution in [-0.2, 0) is 0 Å². The molecule has 0 aliphatic carbocycles. The van der Waals surface area contributed by atoms with Gasteiger partial charge in [-0.2, -0.15) is 0 Å². The van der Waals surface area contributed by atoms with Crippen LogP contribution in [0, 0.1) is 6.92 Å². The van der Waals surface area contributed by atoms with Crippen molar-refractivity contribution in [2.24, 2.45) is 0 Å². The van der Waals surface area contributed by atoms with Crippen molar-refractivity contribution in [3.8, 4) is 0 Å². The molecule has 2 aromatic rings. The van der Waals surface area contributed by atoms with Crippen molar-refractivity contribution in [2.45, 2.75) is 6.92 Å². The van der Waals surface area contributed by atoms with E-state index in [1.165, 1.54) is 6.20 Å². The molecule has 2 heterocycles. The summed E-state index contributed by atoms with van der Waals surface area (Å²) in [6.45, 7) is 1.82. The van der Waals surface area contributed by atoms with E-state index in [0.29, 0.717) is 17.1 Å². The lowest BCUT2D eigenvalue weighted by atomic mass is 10.2.